The van der Waals surface area contributed by atoms with E-state index in [1.54, 1.807) is 0 Å². The number of carbonyl (C=O) groups is 1. The van der Waals surface area contributed by atoms with Crippen LogP contribution < -0.4 is 11.1 Å². The number of rotatable bonds is 6. The molecule has 110 valence electrons. The Bertz CT molecular complexity index is 507. The molecule has 0 radical (unpaired) electrons. The van der Waals surface area contributed by atoms with Crippen molar-refractivity contribution in [2.24, 2.45) is 5.73 Å². The zero-order chi connectivity index (χ0) is 15.3. The fourth-order valence-corrected chi connectivity index (χ4v) is 1.89. The minimum Gasteiger partial charge on any atom is -0.345 e. The van der Waals surface area contributed by atoms with Crippen LogP contribution >= 0.6 is 0 Å². The first-order valence-corrected chi connectivity index (χ1v) is 6.35. The highest BCUT2D eigenvalue weighted by molar-refractivity contribution is 5.95. The Balaban J connectivity index is 3.06. The van der Waals surface area contributed by atoms with Crippen LogP contribution in [-0.4, -0.2) is 22.9 Å². The second-order valence-electron chi connectivity index (χ2n) is 4.60. The minimum atomic E-state index is -0.823. The topological polar surface area (TPSA) is 98.3 Å². The maximum absolute atomic E-state index is 13.3. The number of nitrogens with one attached hydrogen (secondary N) is 1. The second-order valence-corrected chi connectivity index (χ2v) is 4.60. The molecule has 0 heterocycles. The van der Waals surface area contributed by atoms with Gasteiger partial charge in [0, 0.05) is 18.2 Å². The number of amides is 1. The quantitative estimate of drug-likeness (QED) is 0.616. The Morgan fingerprint density at radius 2 is 2.00 bits per heavy atom. The monoisotopic (exact) mass is 283 g/mol. The van der Waals surface area contributed by atoms with Gasteiger partial charge in [-0.1, -0.05) is 13.8 Å². The zero-order valence-corrected chi connectivity index (χ0v) is 11.5. The molecule has 7 heteroatoms. The third-order valence-electron chi connectivity index (χ3n) is 3.48. The summed E-state index contributed by atoms with van der Waals surface area (Å²) in [5.41, 5.74) is 4.54. The lowest BCUT2D eigenvalue weighted by Gasteiger charge is -2.31. The van der Waals surface area contributed by atoms with Crippen molar-refractivity contribution >= 4 is 11.6 Å². The highest BCUT2D eigenvalue weighted by atomic mass is 19.1. The lowest BCUT2D eigenvalue weighted by molar-refractivity contribution is -0.385. The van der Waals surface area contributed by atoms with E-state index in [1.165, 1.54) is 0 Å². The molecule has 20 heavy (non-hydrogen) atoms. The van der Waals surface area contributed by atoms with Crippen LogP contribution in [0.25, 0.3) is 0 Å². The summed E-state index contributed by atoms with van der Waals surface area (Å²) in [4.78, 5) is 22.0. The van der Waals surface area contributed by atoms with Crippen LogP contribution in [0.5, 0.6) is 0 Å². The van der Waals surface area contributed by atoms with E-state index in [2.05, 4.69) is 5.32 Å². The third-order valence-corrected chi connectivity index (χ3v) is 3.48. The van der Waals surface area contributed by atoms with Gasteiger partial charge in [-0.25, -0.2) is 4.39 Å². The van der Waals surface area contributed by atoms with Gasteiger partial charge in [0.25, 0.3) is 11.6 Å². The SMILES string of the molecule is CCC(CC)(CN)NC(=O)c1cc(F)cc([N+](=O)[O-])c1. The van der Waals surface area contributed by atoms with E-state index in [4.69, 9.17) is 5.73 Å². The van der Waals surface area contributed by atoms with Crippen LogP contribution in [0.1, 0.15) is 37.0 Å². The Morgan fingerprint density at radius 3 is 2.45 bits per heavy atom. The molecule has 0 saturated heterocycles. The lowest BCUT2D eigenvalue weighted by atomic mass is 9.92. The van der Waals surface area contributed by atoms with Crippen LogP contribution in [0.4, 0.5) is 10.1 Å². The molecule has 3 N–H and O–H groups in total. The summed E-state index contributed by atoms with van der Waals surface area (Å²) in [7, 11) is 0. The predicted octanol–water partition coefficient (Wildman–Crippen LogP) is 1.98. The maximum atomic E-state index is 13.3. The van der Waals surface area contributed by atoms with Gasteiger partial charge < -0.3 is 11.1 Å². The first-order valence-electron chi connectivity index (χ1n) is 6.35. The Kier molecular flexibility index (Phi) is 5.15. The van der Waals surface area contributed by atoms with E-state index in [0.29, 0.717) is 12.8 Å². The van der Waals surface area contributed by atoms with Gasteiger partial charge >= 0.3 is 0 Å². The molecule has 0 aliphatic carbocycles. The first-order chi connectivity index (χ1) is 9.37. The van der Waals surface area contributed by atoms with Crippen molar-refractivity contribution in [1.29, 1.82) is 0 Å². The van der Waals surface area contributed by atoms with Gasteiger partial charge in [0.2, 0.25) is 0 Å². The average molecular weight is 283 g/mol. The summed E-state index contributed by atoms with van der Waals surface area (Å²) in [6.07, 6.45) is 1.23. The van der Waals surface area contributed by atoms with Gasteiger partial charge in [-0.3, -0.25) is 14.9 Å². The molecule has 0 aliphatic rings. The Labute approximate surface area is 116 Å². The van der Waals surface area contributed by atoms with Crippen molar-refractivity contribution in [1.82, 2.24) is 5.32 Å². The molecule has 0 saturated carbocycles. The minimum absolute atomic E-state index is 0.0866. The summed E-state index contributed by atoms with van der Waals surface area (Å²) in [6, 6.07) is 2.78. The van der Waals surface area contributed by atoms with Crippen molar-refractivity contribution in [3.63, 3.8) is 0 Å². The van der Waals surface area contributed by atoms with Crippen LogP contribution in [-0.2, 0) is 0 Å². The van der Waals surface area contributed by atoms with Crippen molar-refractivity contribution in [3.05, 3.63) is 39.7 Å². The second kappa shape index (κ2) is 6.42. The number of nitrogens with two attached hydrogens (primary N) is 1. The van der Waals surface area contributed by atoms with Gasteiger partial charge in [-0.2, -0.15) is 0 Å². The fraction of sp³-hybridized carbons (Fsp3) is 0.462. The molecular formula is C13H18FN3O3. The van der Waals surface area contributed by atoms with Crippen molar-refractivity contribution in [2.75, 3.05) is 6.54 Å². The van der Waals surface area contributed by atoms with E-state index in [1.807, 2.05) is 13.8 Å². The molecule has 0 atom stereocenters. The number of nitro groups is 1. The van der Waals surface area contributed by atoms with E-state index in [9.17, 15) is 19.3 Å². The molecule has 0 fully saturated rings. The van der Waals surface area contributed by atoms with Gasteiger partial charge in [0.1, 0.15) is 5.82 Å². The summed E-state index contributed by atoms with van der Waals surface area (Å²) in [6.45, 7) is 4.00. The van der Waals surface area contributed by atoms with E-state index < -0.39 is 27.9 Å². The largest absolute Gasteiger partial charge is 0.345 e. The van der Waals surface area contributed by atoms with Crippen LogP contribution in [0, 0.1) is 15.9 Å². The van der Waals surface area contributed by atoms with Crippen molar-refractivity contribution < 1.29 is 14.1 Å². The fourth-order valence-electron chi connectivity index (χ4n) is 1.89. The van der Waals surface area contributed by atoms with E-state index in [0.717, 1.165) is 18.2 Å². The number of hydrogen-bond acceptors (Lipinski definition) is 4. The summed E-state index contributed by atoms with van der Waals surface area (Å²) < 4.78 is 13.3. The van der Waals surface area contributed by atoms with Crippen LogP contribution in [0.15, 0.2) is 18.2 Å². The Morgan fingerprint density at radius 1 is 1.40 bits per heavy atom. The Hall–Kier alpha value is -2.02. The maximum Gasteiger partial charge on any atom is 0.273 e. The molecule has 0 aromatic heterocycles. The molecule has 0 spiro atoms. The zero-order valence-electron chi connectivity index (χ0n) is 11.5. The van der Waals surface area contributed by atoms with Gasteiger partial charge in [0.15, 0.2) is 0 Å². The number of nitro benzene ring substituents is 1. The standard InChI is InChI=1S/C13H18FN3O3/c1-3-13(4-2,8-15)16-12(18)9-5-10(14)7-11(6-9)17(19)20/h5-7H,3-4,8,15H2,1-2H3,(H,16,18). The summed E-state index contributed by atoms with van der Waals surface area (Å²) >= 11 is 0. The number of hydrogen-bond donors (Lipinski definition) is 2. The highest BCUT2D eigenvalue weighted by Gasteiger charge is 2.27. The number of benzene rings is 1. The summed E-state index contributed by atoms with van der Waals surface area (Å²) in [5, 5.41) is 13.4. The number of halogens is 1. The molecule has 1 aromatic rings. The van der Waals surface area contributed by atoms with Gasteiger partial charge in [-0.15, -0.1) is 0 Å². The number of carbonyl (C=O) groups excluding carboxylic acids is 1. The van der Waals surface area contributed by atoms with E-state index >= 15 is 0 Å². The summed E-state index contributed by atoms with van der Waals surface area (Å²) in [5.74, 6) is -1.39. The molecule has 6 nitrogen and oxygen atoms in total. The van der Waals surface area contributed by atoms with E-state index in [-0.39, 0.29) is 12.1 Å². The third kappa shape index (κ3) is 3.51. The van der Waals surface area contributed by atoms with Crippen LogP contribution in [0.3, 0.4) is 0 Å². The van der Waals surface area contributed by atoms with Gasteiger partial charge in [0.05, 0.1) is 16.5 Å². The molecule has 0 unspecified atom stereocenters. The van der Waals surface area contributed by atoms with Crippen molar-refractivity contribution in [3.8, 4) is 0 Å². The molecule has 0 bridgehead atoms. The van der Waals surface area contributed by atoms with Gasteiger partial charge in [-0.05, 0) is 18.9 Å². The number of nitrogens with zero attached hydrogens (tertiary/aromatic N) is 1. The molecule has 1 aromatic carbocycles. The highest BCUT2D eigenvalue weighted by Crippen LogP contribution is 2.19. The molecular weight excluding hydrogens is 265 g/mol. The smallest absolute Gasteiger partial charge is 0.273 e. The normalized spacial score (nSPS) is 11.2. The predicted molar refractivity (Wildman–Crippen MR) is 72.9 cm³/mol. The number of non-ortho nitro benzene ring substituents is 1. The van der Waals surface area contributed by atoms with Crippen molar-refractivity contribution in [2.45, 2.75) is 32.2 Å². The van der Waals surface area contributed by atoms with Crippen LogP contribution in [0.2, 0.25) is 0 Å². The molecule has 0 aliphatic heterocycles. The molecule has 1 rings (SSSR count). The average Bonchev–Trinajstić information content (AvgIpc) is 2.44. The lowest BCUT2D eigenvalue weighted by Crippen LogP contribution is -2.52. The molecule has 1 amide bonds. The first kappa shape index (κ1) is 16.0.